The maximum Gasteiger partial charge on any atom is 0.158 e. The first-order valence-electron chi connectivity index (χ1n) is 3.73. The Labute approximate surface area is 79.0 Å². The van der Waals surface area contributed by atoms with E-state index in [1.165, 1.54) is 6.08 Å². The van der Waals surface area contributed by atoms with Crippen molar-refractivity contribution in [3.05, 3.63) is 36.4 Å². The Hall–Kier alpha value is -1.29. The van der Waals surface area contributed by atoms with Crippen LogP contribution in [0.4, 0.5) is 5.69 Å². The van der Waals surface area contributed by atoms with Gasteiger partial charge >= 0.3 is 0 Å². The minimum Gasteiger partial charge on any atom is -0.372 e. The summed E-state index contributed by atoms with van der Waals surface area (Å²) in [7, 11) is -2.38. The molecule has 1 aromatic rings. The van der Waals surface area contributed by atoms with E-state index < -0.39 is 10.7 Å². The van der Waals surface area contributed by atoms with Crippen molar-refractivity contribution in [3.63, 3.8) is 0 Å². The highest BCUT2D eigenvalue weighted by Gasteiger charge is 1.91. The van der Waals surface area contributed by atoms with Crippen LogP contribution >= 0.6 is 0 Å². The Balaban J connectivity index is 2.64. The zero-order chi connectivity index (χ0) is 9.68. The molecule has 3 nitrogen and oxygen atoms in total. The molecule has 0 bridgehead atoms. The summed E-state index contributed by atoms with van der Waals surface area (Å²) in [5.41, 5.74) is 1.67. The van der Waals surface area contributed by atoms with Gasteiger partial charge in [0, 0.05) is 5.69 Å². The molecule has 0 amide bonds. The smallest absolute Gasteiger partial charge is 0.158 e. The van der Waals surface area contributed by atoms with Gasteiger partial charge in [0.2, 0.25) is 0 Å². The molecule has 4 heteroatoms. The van der Waals surface area contributed by atoms with Crippen molar-refractivity contribution in [1.82, 2.24) is 0 Å². The molecule has 0 aliphatic rings. The maximum atomic E-state index is 10.2. The SMILES string of the molecule is [CH]=Cc1ccc(NC[SH](=O)=O)cc1. The van der Waals surface area contributed by atoms with E-state index in [1.54, 1.807) is 24.3 Å². The van der Waals surface area contributed by atoms with E-state index in [2.05, 4.69) is 5.32 Å². The van der Waals surface area contributed by atoms with Crippen LogP contribution < -0.4 is 5.32 Å². The summed E-state index contributed by atoms with van der Waals surface area (Å²) < 4.78 is 20.5. The van der Waals surface area contributed by atoms with Crippen LogP contribution in [0.15, 0.2) is 24.3 Å². The molecule has 1 rings (SSSR count). The number of anilines is 1. The van der Waals surface area contributed by atoms with E-state index in [9.17, 15) is 8.42 Å². The summed E-state index contributed by atoms with van der Waals surface area (Å²) in [4.78, 5) is 0. The molecule has 13 heavy (non-hydrogen) atoms. The zero-order valence-corrected chi connectivity index (χ0v) is 7.83. The summed E-state index contributed by atoms with van der Waals surface area (Å²) in [6.45, 7) is 5.28. The fourth-order valence-electron chi connectivity index (χ4n) is 0.868. The largest absolute Gasteiger partial charge is 0.372 e. The molecule has 0 aliphatic heterocycles. The Kier molecular flexibility index (Phi) is 3.52. The second-order valence-electron chi connectivity index (χ2n) is 2.46. The van der Waals surface area contributed by atoms with Crippen molar-refractivity contribution < 1.29 is 8.42 Å². The second kappa shape index (κ2) is 4.67. The van der Waals surface area contributed by atoms with Gasteiger partial charge in [-0.1, -0.05) is 24.8 Å². The maximum absolute atomic E-state index is 10.2. The monoisotopic (exact) mass is 196 g/mol. The molecule has 0 atom stereocenters. The summed E-state index contributed by atoms with van der Waals surface area (Å²) >= 11 is 0. The first-order chi connectivity index (χ1) is 6.22. The highest BCUT2D eigenvalue weighted by molar-refractivity contribution is 7.72. The van der Waals surface area contributed by atoms with Gasteiger partial charge in [0.05, 0.1) is 0 Å². The third kappa shape index (κ3) is 3.29. The molecule has 0 aromatic heterocycles. The van der Waals surface area contributed by atoms with Crippen molar-refractivity contribution in [3.8, 4) is 0 Å². The Morgan fingerprint density at radius 1 is 1.31 bits per heavy atom. The molecule has 0 heterocycles. The van der Waals surface area contributed by atoms with E-state index in [4.69, 9.17) is 6.58 Å². The second-order valence-corrected chi connectivity index (χ2v) is 3.44. The van der Waals surface area contributed by atoms with Crippen LogP contribution in [0.5, 0.6) is 0 Å². The lowest BCUT2D eigenvalue weighted by Gasteiger charge is -2.01. The van der Waals surface area contributed by atoms with Crippen LogP contribution in [0.3, 0.4) is 0 Å². The van der Waals surface area contributed by atoms with Gasteiger partial charge in [0.25, 0.3) is 0 Å². The summed E-state index contributed by atoms with van der Waals surface area (Å²) in [6, 6.07) is 7.16. The van der Waals surface area contributed by atoms with Gasteiger partial charge < -0.3 is 5.32 Å². The molecule has 1 radical (unpaired) electrons. The number of nitrogens with one attached hydrogen (secondary N) is 1. The average molecular weight is 196 g/mol. The minimum atomic E-state index is -2.38. The van der Waals surface area contributed by atoms with E-state index in [0.29, 0.717) is 0 Å². The summed E-state index contributed by atoms with van der Waals surface area (Å²) in [6.07, 6.45) is 1.48. The molecule has 0 unspecified atom stereocenters. The van der Waals surface area contributed by atoms with Crippen LogP contribution in [-0.2, 0) is 10.7 Å². The Bertz CT molecular complexity index is 346. The molecule has 0 saturated carbocycles. The van der Waals surface area contributed by atoms with Crippen molar-refractivity contribution in [2.75, 3.05) is 11.2 Å². The van der Waals surface area contributed by atoms with Crippen LogP contribution in [0.25, 0.3) is 6.08 Å². The quantitative estimate of drug-likeness (QED) is 0.709. The molecule has 0 aliphatic carbocycles. The van der Waals surface area contributed by atoms with Crippen LogP contribution in [0.2, 0.25) is 0 Å². The molecule has 1 aromatic carbocycles. The van der Waals surface area contributed by atoms with E-state index in [1.807, 2.05) is 0 Å². The third-order valence-corrected chi connectivity index (χ3v) is 1.93. The third-order valence-electron chi connectivity index (χ3n) is 1.52. The van der Waals surface area contributed by atoms with E-state index in [-0.39, 0.29) is 5.88 Å². The molecule has 0 fully saturated rings. The van der Waals surface area contributed by atoms with Crippen molar-refractivity contribution in [1.29, 1.82) is 0 Å². The molecular formula is C9H10NO2S. The van der Waals surface area contributed by atoms with Gasteiger partial charge in [-0.2, -0.15) is 0 Å². The normalized spacial score (nSPS) is 9.92. The van der Waals surface area contributed by atoms with Gasteiger partial charge in [-0.15, -0.1) is 0 Å². The van der Waals surface area contributed by atoms with Crippen molar-refractivity contribution in [2.24, 2.45) is 0 Å². The number of hydrogen-bond donors (Lipinski definition) is 2. The Morgan fingerprint density at radius 3 is 2.38 bits per heavy atom. The first kappa shape index (κ1) is 9.80. The summed E-state index contributed by atoms with van der Waals surface area (Å²) in [5, 5.41) is 2.74. The predicted octanol–water partition coefficient (Wildman–Crippen LogP) is 1.11. The summed E-state index contributed by atoms with van der Waals surface area (Å²) in [5.74, 6) is -0.0407. The molecule has 1 N–H and O–H groups in total. The van der Waals surface area contributed by atoms with Gasteiger partial charge in [-0.05, 0) is 17.7 Å². The predicted molar refractivity (Wildman–Crippen MR) is 54.0 cm³/mol. The van der Waals surface area contributed by atoms with Gasteiger partial charge in [0.15, 0.2) is 10.7 Å². The number of benzene rings is 1. The average Bonchev–Trinajstić information content (AvgIpc) is 2.15. The van der Waals surface area contributed by atoms with E-state index in [0.717, 1.165) is 11.3 Å². The lowest BCUT2D eigenvalue weighted by molar-refractivity contribution is 0.616. The molecular weight excluding hydrogens is 186 g/mol. The highest BCUT2D eigenvalue weighted by atomic mass is 32.2. The molecule has 0 saturated heterocycles. The van der Waals surface area contributed by atoms with Crippen LogP contribution in [0, 0.1) is 6.58 Å². The fourth-order valence-corrected chi connectivity index (χ4v) is 1.18. The van der Waals surface area contributed by atoms with Gasteiger partial charge in [0.1, 0.15) is 5.88 Å². The zero-order valence-electron chi connectivity index (χ0n) is 6.93. The van der Waals surface area contributed by atoms with Gasteiger partial charge in [-0.3, -0.25) is 0 Å². The lowest BCUT2D eigenvalue weighted by atomic mass is 10.2. The van der Waals surface area contributed by atoms with Crippen LogP contribution in [0.1, 0.15) is 5.56 Å². The highest BCUT2D eigenvalue weighted by Crippen LogP contribution is 2.09. The van der Waals surface area contributed by atoms with Crippen molar-refractivity contribution in [2.45, 2.75) is 0 Å². The number of rotatable bonds is 4. The number of thiol groups is 1. The Morgan fingerprint density at radius 2 is 1.92 bits per heavy atom. The number of hydrogen-bond acceptors (Lipinski definition) is 3. The molecule has 69 valence electrons. The van der Waals surface area contributed by atoms with Gasteiger partial charge in [-0.25, -0.2) is 8.42 Å². The van der Waals surface area contributed by atoms with Crippen LogP contribution in [-0.4, -0.2) is 14.3 Å². The fraction of sp³-hybridized carbons (Fsp3) is 0.111. The standard InChI is InChI=1S/C9H10NO2S/c1-2-8-3-5-9(6-4-8)10-7-13(11)12/h1-6,10,13H,7H2. The molecule has 0 spiro atoms. The minimum absolute atomic E-state index is 0.0407. The lowest BCUT2D eigenvalue weighted by Crippen LogP contribution is -2.01. The topological polar surface area (TPSA) is 46.2 Å². The van der Waals surface area contributed by atoms with E-state index >= 15 is 0 Å². The van der Waals surface area contributed by atoms with Crippen molar-refractivity contribution >= 4 is 22.5 Å². The first-order valence-corrected chi connectivity index (χ1v) is 5.09.